The fourth-order valence-electron chi connectivity index (χ4n) is 2.59. The van der Waals surface area contributed by atoms with Gasteiger partial charge in [0.15, 0.2) is 0 Å². The third-order valence-corrected chi connectivity index (χ3v) is 3.91. The number of carbonyl (C=O) groups is 1. The Kier molecular flexibility index (Phi) is 4.15. The molecule has 1 aliphatic rings. The molecule has 2 aromatic rings. The summed E-state index contributed by atoms with van der Waals surface area (Å²) in [7, 11) is 0. The summed E-state index contributed by atoms with van der Waals surface area (Å²) in [6, 6.07) is 5.91. The van der Waals surface area contributed by atoms with Crippen molar-refractivity contribution in [1.82, 2.24) is 15.1 Å². The smallest absolute Gasteiger partial charge is 0.247 e. The summed E-state index contributed by atoms with van der Waals surface area (Å²) < 4.78 is 18.5. The van der Waals surface area contributed by atoms with Gasteiger partial charge in [-0.3, -0.25) is 9.69 Å². The van der Waals surface area contributed by atoms with E-state index in [4.69, 9.17) is 10.2 Å². The lowest BCUT2D eigenvalue weighted by molar-refractivity contribution is -0.123. The number of aromatic nitrogens is 2. The standard InChI is InChI=1S/C15H17FN4O2/c16-12-3-1-11(2-4-12)15-19-18-13(22-15)9-20-7-5-10(6-8-20)14(17)21/h1-4,10H,5-9H2,(H2,17,21). The van der Waals surface area contributed by atoms with Crippen LogP contribution in [0, 0.1) is 11.7 Å². The molecule has 2 heterocycles. The predicted molar refractivity (Wildman–Crippen MR) is 76.9 cm³/mol. The molecule has 22 heavy (non-hydrogen) atoms. The minimum atomic E-state index is -0.305. The molecule has 0 radical (unpaired) electrons. The molecule has 116 valence electrons. The molecule has 1 aromatic carbocycles. The number of nitrogens with zero attached hydrogens (tertiary/aromatic N) is 3. The number of hydrogen-bond donors (Lipinski definition) is 1. The zero-order chi connectivity index (χ0) is 15.5. The van der Waals surface area contributed by atoms with Crippen LogP contribution in [0.4, 0.5) is 4.39 Å². The average molecular weight is 304 g/mol. The summed E-state index contributed by atoms with van der Waals surface area (Å²) in [6.45, 7) is 2.10. The lowest BCUT2D eigenvalue weighted by atomic mass is 9.96. The maximum Gasteiger partial charge on any atom is 0.247 e. The Labute approximate surface area is 127 Å². The molecule has 1 aliphatic heterocycles. The zero-order valence-corrected chi connectivity index (χ0v) is 12.0. The van der Waals surface area contributed by atoms with Crippen LogP contribution in [0.15, 0.2) is 28.7 Å². The summed E-state index contributed by atoms with van der Waals surface area (Å²) >= 11 is 0. The molecule has 6 nitrogen and oxygen atoms in total. The number of piperidine rings is 1. The Morgan fingerprint density at radius 2 is 1.95 bits per heavy atom. The number of rotatable bonds is 4. The van der Waals surface area contributed by atoms with Gasteiger partial charge in [0.2, 0.25) is 17.7 Å². The first-order valence-electron chi connectivity index (χ1n) is 7.22. The normalized spacial score (nSPS) is 16.8. The molecule has 3 rings (SSSR count). The van der Waals surface area contributed by atoms with Crippen molar-refractivity contribution in [1.29, 1.82) is 0 Å². The summed E-state index contributed by atoms with van der Waals surface area (Å²) in [5.41, 5.74) is 6.01. The third kappa shape index (κ3) is 3.30. The Morgan fingerprint density at radius 3 is 2.59 bits per heavy atom. The molecule has 0 aliphatic carbocycles. The summed E-state index contributed by atoms with van der Waals surface area (Å²) in [4.78, 5) is 13.3. The SMILES string of the molecule is NC(=O)C1CCN(Cc2nnc(-c3ccc(F)cc3)o2)CC1. The molecular formula is C15H17FN4O2. The highest BCUT2D eigenvalue weighted by Gasteiger charge is 2.24. The van der Waals surface area contributed by atoms with Crippen molar-refractivity contribution in [3.05, 3.63) is 36.0 Å². The van der Waals surface area contributed by atoms with E-state index >= 15 is 0 Å². The van der Waals surface area contributed by atoms with Crippen molar-refractivity contribution < 1.29 is 13.6 Å². The van der Waals surface area contributed by atoms with Crippen LogP contribution in [0.1, 0.15) is 18.7 Å². The molecule has 1 amide bonds. The van der Waals surface area contributed by atoms with Gasteiger partial charge in [0.25, 0.3) is 0 Å². The van der Waals surface area contributed by atoms with Crippen LogP contribution < -0.4 is 5.73 Å². The van der Waals surface area contributed by atoms with Crippen molar-refractivity contribution in [2.24, 2.45) is 11.7 Å². The number of carbonyl (C=O) groups excluding carboxylic acids is 1. The minimum absolute atomic E-state index is 0.0336. The van der Waals surface area contributed by atoms with Gasteiger partial charge in [0, 0.05) is 11.5 Å². The van der Waals surface area contributed by atoms with Crippen LogP contribution in [0.2, 0.25) is 0 Å². The van der Waals surface area contributed by atoms with E-state index < -0.39 is 0 Å². The monoisotopic (exact) mass is 304 g/mol. The van der Waals surface area contributed by atoms with Gasteiger partial charge in [-0.2, -0.15) is 0 Å². The Morgan fingerprint density at radius 1 is 1.27 bits per heavy atom. The molecular weight excluding hydrogens is 287 g/mol. The van der Waals surface area contributed by atoms with Crippen molar-refractivity contribution in [3.63, 3.8) is 0 Å². The van der Waals surface area contributed by atoms with Crippen molar-refractivity contribution >= 4 is 5.91 Å². The first kappa shape index (κ1) is 14.6. The van der Waals surface area contributed by atoms with E-state index in [0.717, 1.165) is 25.9 Å². The minimum Gasteiger partial charge on any atom is -0.419 e. The lowest BCUT2D eigenvalue weighted by Crippen LogP contribution is -2.38. The van der Waals surface area contributed by atoms with Crippen LogP contribution >= 0.6 is 0 Å². The van der Waals surface area contributed by atoms with Gasteiger partial charge < -0.3 is 10.2 Å². The highest BCUT2D eigenvalue weighted by molar-refractivity contribution is 5.76. The van der Waals surface area contributed by atoms with E-state index in [9.17, 15) is 9.18 Å². The van der Waals surface area contributed by atoms with Gasteiger partial charge in [-0.05, 0) is 50.2 Å². The number of nitrogens with two attached hydrogens (primary N) is 1. The number of hydrogen-bond acceptors (Lipinski definition) is 5. The highest BCUT2D eigenvalue weighted by atomic mass is 19.1. The van der Waals surface area contributed by atoms with Gasteiger partial charge in [-0.15, -0.1) is 10.2 Å². The first-order valence-corrected chi connectivity index (χ1v) is 7.22. The van der Waals surface area contributed by atoms with Crippen LogP contribution in [-0.2, 0) is 11.3 Å². The molecule has 2 N–H and O–H groups in total. The molecule has 1 fully saturated rings. The highest BCUT2D eigenvalue weighted by Crippen LogP contribution is 2.21. The maximum absolute atomic E-state index is 12.9. The number of amides is 1. The molecule has 7 heteroatoms. The average Bonchev–Trinajstić information content (AvgIpc) is 2.97. The second-order valence-electron chi connectivity index (χ2n) is 5.46. The van der Waals surface area contributed by atoms with Crippen LogP contribution in [0.5, 0.6) is 0 Å². The Hall–Kier alpha value is -2.28. The number of benzene rings is 1. The van der Waals surface area contributed by atoms with E-state index in [1.165, 1.54) is 12.1 Å². The molecule has 0 bridgehead atoms. The molecule has 1 aromatic heterocycles. The fourth-order valence-corrected chi connectivity index (χ4v) is 2.59. The topological polar surface area (TPSA) is 85.3 Å². The van der Waals surface area contributed by atoms with E-state index in [2.05, 4.69) is 15.1 Å². The largest absolute Gasteiger partial charge is 0.419 e. The quantitative estimate of drug-likeness (QED) is 0.926. The Bertz CT molecular complexity index is 648. The molecule has 0 spiro atoms. The van der Waals surface area contributed by atoms with Gasteiger partial charge in [0.05, 0.1) is 6.54 Å². The molecule has 0 saturated carbocycles. The Balaban J connectivity index is 1.60. The van der Waals surface area contributed by atoms with Gasteiger partial charge >= 0.3 is 0 Å². The molecule has 0 atom stereocenters. The maximum atomic E-state index is 12.9. The number of primary amides is 1. The lowest BCUT2D eigenvalue weighted by Gasteiger charge is -2.29. The molecule has 1 saturated heterocycles. The van der Waals surface area contributed by atoms with Gasteiger partial charge in [-0.1, -0.05) is 0 Å². The molecule has 0 unspecified atom stereocenters. The summed E-state index contributed by atoms with van der Waals surface area (Å²) in [6.07, 6.45) is 1.52. The van der Waals surface area contributed by atoms with Crippen molar-refractivity contribution in [3.8, 4) is 11.5 Å². The predicted octanol–water partition coefficient (Wildman–Crippen LogP) is 1.57. The second kappa shape index (κ2) is 6.23. The zero-order valence-electron chi connectivity index (χ0n) is 12.0. The first-order chi connectivity index (χ1) is 10.6. The van der Waals surface area contributed by atoms with E-state index in [-0.39, 0.29) is 17.6 Å². The van der Waals surface area contributed by atoms with Crippen LogP contribution in [0.3, 0.4) is 0 Å². The van der Waals surface area contributed by atoms with Crippen LogP contribution in [0.25, 0.3) is 11.5 Å². The van der Waals surface area contributed by atoms with E-state index in [0.29, 0.717) is 23.9 Å². The van der Waals surface area contributed by atoms with Gasteiger partial charge in [-0.25, -0.2) is 4.39 Å². The number of halogens is 1. The third-order valence-electron chi connectivity index (χ3n) is 3.91. The summed E-state index contributed by atoms with van der Waals surface area (Å²) in [5.74, 6) is 0.324. The van der Waals surface area contributed by atoms with E-state index in [1.54, 1.807) is 12.1 Å². The van der Waals surface area contributed by atoms with Crippen molar-refractivity contribution in [2.75, 3.05) is 13.1 Å². The van der Waals surface area contributed by atoms with Crippen LogP contribution in [-0.4, -0.2) is 34.1 Å². The summed E-state index contributed by atoms with van der Waals surface area (Å²) in [5, 5.41) is 8.00. The fraction of sp³-hybridized carbons (Fsp3) is 0.400. The van der Waals surface area contributed by atoms with Gasteiger partial charge in [0.1, 0.15) is 5.82 Å². The number of likely N-dealkylation sites (tertiary alicyclic amines) is 1. The van der Waals surface area contributed by atoms with Crippen molar-refractivity contribution in [2.45, 2.75) is 19.4 Å². The van der Waals surface area contributed by atoms with E-state index in [1.807, 2.05) is 0 Å². The second-order valence-corrected chi connectivity index (χ2v) is 5.46.